The Balaban J connectivity index is 1.96. The molecule has 0 radical (unpaired) electrons. The van der Waals surface area contributed by atoms with E-state index in [1.165, 1.54) is 18.2 Å². The first-order valence-corrected chi connectivity index (χ1v) is 7.36. The molecule has 3 aromatic carbocycles. The predicted octanol–water partition coefficient (Wildman–Crippen LogP) is 5.05. The van der Waals surface area contributed by atoms with E-state index in [0.29, 0.717) is 11.3 Å². The fourth-order valence-corrected chi connectivity index (χ4v) is 2.45. The van der Waals surface area contributed by atoms with Crippen LogP contribution in [-0.2, 0) is 0 Å². The van der Waals surface area contributed by atoms with Crippen LogP contribution in [0.1, 0.15) is 15.9 Å². The SMILES string of the molecule is Cc1ccc(NC(=O)c2cccc(F)c2)c(-c2ccccc2)c1. The fourth-order valence-electron chi connectivity index (χ4n) is 2.45. The number of rotatable bonds is 3. The Kier molecular flexibility index (Phi) is 4.20. The Morgan fingerprint density at radius 2 is 1.70 bits per heavy atom. The van der Waals surface area contributed by atoms with E-state index < -0.39 is 5.82 Å². The van der Waals surface area contributed by atoms with E-state index in [1.807, 2.05) is 55.5 Å². The molecule has 2 nitrogen and oxygen atoms in total. The number of aryl methyl sites for hydroxylation is 1. The van der Waals surface area contributed by atoms with Gasteiger partial charge >= 0.3 is 0 Å². The maximum atomic E-state index is 13.3. The highest BCUT2D eigenvalue weighted by Gasteiger charge is 2.11. The van der Waals surface area contributed by atoms with Gasteiger partial charge in [-0.2, -0.15) is 0 Å². The summed E-state index contributed by atoms with van der Waals surface area (Å²) >= 11 is 0. The van der Waals surface area contributed by atoms with Crippen molar-refractivity contribution in [3.8, 4) is 11.1 Å². The number of anilines is 1. The average molecular weight is 305 g/mol. The van der Waals surface area contributed by atoms with E-state index in [4.69, 9.17) is 0 Å². The van der Waals surface area contributed by atoms with Crippen LogP contribution in [0.2, 0.25) is 0 Å². The average Bonchev–Trinajstić information content (AvgIpc) is 2.57. The number of carbonyl (C=O) groups excluding carboxylic acids is 1. The molecule has 3 aromatic rings. The van der Waals surface area contributed by atoms with Crippen LogP contribution < -0.4 is 5.32 Å². The van der Waals surface area contributed by atoms with Crippen molar-refractivity contribution in [2.75, 3.05) is 5.32 Å². The van der Waals surface area contributed by atoms with Crippen LogP contribution in [0.4, 0.5) is 10.1 Å². The molecule has 0 bridgehead atoms. The number of amides is 1. The number of benzene rings is 3. The third kappa shape index (κ3) is 3.46. The second kappa shape index (κ2) is 6.44. The zero-order valence-electron chi connectivity index (χ0n) is 12.7. The van der Waals surface area contributed by atoms with E-state index in [2.05, 4.69) is 5.32 Å². The van der Waals surface area contributed by atoms with Gasteiger partial charge in [0.25, 0.3) is 5.91 Å². The van der Waals surface area contributed by atoms with Crippen LogP contribution in [0.15, 0.2) is 72.8 Å². The van der Waals surface area contributed by atoms with Gasteiger partial charge in [-0.3, -0.25) is 4.79 Å². The Hall–Kier alpha value is -2.94. The highest BCUT2D eigenvalue weighted by atomic mass is 19.1. The van der Waals surface area contributed by atoms with Gasteiger partial charge in [0.2, 0.25) is 0 Å². The van der Waals surface area contributed by atoms with Gasteiger partial charge in [-0.05, 0) is 42.8 Å². The summed E-state index contributed by atoms with van der Waals surface area (Å²) in [7, 11) is 0. The Morgan fingerprint density at radius 3 is 2.43 bits per heavy atom. The van der Waals surface area contributed by atoms with Crippen molar-refractivity contribution in [3.05, 3.63) is 89.7 Å². The van der Waals surface area contributed by atoms with E-state index in [9.17, 15) is 9.18 Å². The summed E-state index contributed by atoms with van der Waals surface area (Å²) in [6.07, 6.45) is 0. The van der Waals surface area contributed by atoms with Crippen LogP contribution in [0.25, 0.3) is 11.1 Å². The second-order valence-corrected chi connectivity index (χ2v) is 5.38. The fraction of sp³-hybridized carbons (Fsp3) is 0.0500. The molecular formula is C20H16FNO. The summed E-state index contributed by atoms with van der Waals surface area (Å²) in [5.74, 6) is -0.754. The van der Waals surface area contributed by atoms with Gasteiger partial charge in [0.05, 0.1) is 0 Å². The predicted molar refractivity (Wildman–Crippen MR) is 91.0 cm³/mol. The molecule has 0 saturated carbocycles. The molecule has 1 amide bonds. The lowest BCUT2D eigenvalue weighted by molar-refractivity contribution is 0.102. The number of carbonyl (C=O) groups is 1. The smallest absolute Gasteiger partial charge is 0.255 e. The summed E-state index contributed by atoms with van der Waals surface area (Å²) in [6.45, 7) is 2.00. The lowest BCUT2D eigenvalue weighted by Crippen LogP contribution is -2.12. The minimum absolute atomic E-state index is 0.296. The molecule has 0 unspecified atom stereocenters. The number of nitrogens with one attached hydrogen (secondary N) is 1. The van der Waals surface area contributed by atoms with E-state index in [1.54, 1.807) is 6.07 Å². The Morgan fingerprint density at radius 1 is 0.913 bits per heavy atom. The van der Waals surface area contributed by atoms with Crippen LogP contribution in [-0.4, -0.2) is 5.91 Å². The van der Waals surface area contributed by atoms with Crippen LogP contribution in [0.3, 0.4) is 0 Å². The molecule has 0 fully saturated rings. The Labute approximate surface area is 134 Å². The Bertz CT molecular complexity index is 843. The molecule has 0 aromatic heterocycles. The van der Waals surface area contributed by atoms with Crippen molar-refractivity contribution in [1.82, 2.24) is 0 Å². The van der Waals surface area contributed by atoms with Crippen molar-refractivity contribution in [3.63, 3.8) is 0 Å². The molecule has 3 heteroatoms. The van der Waals surface area contributed by atoms with Crippen LogP contribution >= 0.6 is 0 Å². The highest BCUT2D eigenvalue weighted by molar-refractivity contribution is 6.06. The first-order chi connectivity index (χ1) is 11.1. The zero-order valence-corrected chi connectivity index (χ0v) is 12.7. The van der Waals surface area contributed by atoms with Crippen molar-refractivity contribution in [2.45, 2.75) is 6.92 Å². The molecule has 0 aliphatic carbocycles. The van der Waals surface area contributed by atoms with Gasteiger partial charge in [0.15, 0.2) is 0 Å². The van der Waals surface area contributed by atoms with Crippen molar-refractivity contribution >= 4 is 11.6 Å². The van der Waals surface area contributed by atoms with Gasteiger partial charge in [0, 0.05) is 16.8 Å². The van der Waals surface area contributed by atoms with Gasteiger partial charge in [-0.15, -0.1) is 0 Å². The summed E-state index contributed by atoms with van der Waals surface area (Å²) in [5, 5.41) is 2.87. The first-order valence-electron chi connectivity index (χ1n) is 7.36. The number of hydrogen-bond donors (Lipinski definition) is 1. The molecule has 0 saturated heterocycles. The molecule has 0 aliphatic rings. The minimum atomic E-state index is -0.426. The molecule has 114 valence electrons. The topological polar surface area (TPSA) is 29.1 Å². The molecule has 0 spiro atoms. The summed E-state index contributed by atoms with van der Waals surface area (Å²) in [6, 6.07) is 21.3. The molecule has 3 rings (SSSR count). The maximum absolute atomic E-state index is 13.3. The standard InChI is InChI=1S/C20H16FNO/c1-14-10-11-19(18(12-14)15-6-3-2-4-7-15)22-20(23)16-8-5-9-17(21)13-16/h2-13H,1H3,(H,22,23). The van der Waals surface area contributed by atoms with Gasteiger partial charge in [-0.1, -0.05) is 48.0 Å². The lowest BCUT2D eigenvalue weighted by atomic mass is 10.0. The zero-order chi connectivity index (χ0) is 16.2. The summed E-state index contributed by atoms with van der Waals surface area (Å²) in [5.41, 5.74) is 4.06. The third-order valence-electron chi connectivity index (χ3n) is 3.59. The molecule has 0 aliphatic heterocycles. The van der Waals surface area contributed by atoms with Gasteiger partial charge in [0.1, 0.15) is 5.82 Å². The summed E-state index contributed by atoms with van der Waals surface area (Å²) < 4.78 is 13.3. The van der Waals surface area contributed by atoms with Crippen molar-refractivity contribution in [2.24, 2.45) is 0 Å². The van der Waals surface area contributed by atoms with Crippen LogP contribution in [0, 0.1) is 12.7 Å². The van der Waals surface area contributed by atoms with Gasteiger partial charge in [-0.25, -0.2) is 4.39 Å². The lowest BCUT2D eigenvalue weighted by Gasteiger charge is -2.12. The monoisotopic (exact) mass is 305 g/mol. The molecule has 23 heavy (non-hydrogen) atoms. The van der Waals surface area contributed by atoms with E-state index >= 15 is 0 Å². The highest BCUT2D eigenvalue weighted by Crippen LogP contribution is 2.29. The van der Waals surface area contributed by atoms with Gasteiger partial charge < -0.3 is 5.32 Å². The summed E-state index contributed by atoms with van der Waals surface area (Å²) in [4.78, 5) is 12.4. The normalized spacial score (nSPS) is 10.3. The number of hydrogen-bond acceptors (Lipinski definition) is 1. The van der Waals surface area contributed by atoms with Crippen molar-refractivity contribution < 1.29 is 9.18 Å². The molecule has 0 atom stereocenters. The quantitative estimate of drug-likeness (QED) is 0.720. The molecular weight excluding hydrogens is 289 g/mol. The maximum Gasteiger partial charge on any atom is 0.255 e. The minimum Gasteiger partial charge on any atom is -0.321 e. The molecule has 1 N–H and O–H groups in total. The van der Waals surface area contributed by atoms with E-state index in [0.717, 1.165) is 16.7 Å². The third-order valence-corrected chi connectivity index (χ3v) is 3.59. The first kappa shape index (κ1) is 15.0. The van der Waals surface area contributed by atoms with Crippen LogP contribution in [0.5, 0.6) is 0 Å². The largest absolute Gasteiger partial charge is 0.321 e. The second-order valence-electron chi connectivity index (χ2n) is 5.38. The van der Waals surface area contributed by atoms with Crippen molar-refractivity contribution in [1.29, 1.82) is 0 Å². The molecule has 0 heterocycles. The number of halogens is 1. The van der Waals surface area contributed by atoms with E-state index in [-0.39, 0.29) is 5.91 Å².